The molecule has 1 aromatic carbocycles. The van der Waals surface area contributed by atoms with Crippen molar-refractivity contribution in [2.24, 2.45) is 0 Å². The Morgan fingerprint density at radius 3 is 2.27 bits per heavy atom. The van der Waals surface area contributed by atoms with Crippen LogP contribution in [0.4, 0.5) is 0 Å². The zero-order valence-corrected chi connectivity index (χ0v) is 9.75. The van der Waals surface area contributed by atoms with E-state index in [0.717, 1.165) is 5.57 Å². The minimum Gasteiger partial charge on any atom is -0.0912 e. The molecule has 0 unspecified atom stereocenters. The highest BCUT2D eigenvalue weighted by Gasteiger charge is 1.93. The Morgan fingerprint density at radius 1 is 1.13 bits per heavy atom. The van der Waals surface area contributed by atoms with E-state index in [1.807, 2.05) is 6.92 Å². The van der Waals surface area contributed by atoms with Gasteiger partial charge >= 0.3 is 0 Å². The summed E-state index contributed by atoms with van der Waals surface area (Å²) in [6, 6.07) is 8.42. The second kappa shape index (κ2) is 5.35. The zero-order valence-electron chi connectivity index (χ0n) is 9.75. The second-order valence-electron chi connectivity index (χ2n) is 3.76. The van der Waals surface area contributed by atoms with Gasteiger partial charge in [0, 0.05) is 0 Å². The number of aryl methyl sites for hydroxylation is 1. The summed E-state index contributed by atoms with van der Waals surface area (Å²) in [6.45, 7) is 10.3. The normalized spacial score (nSPS) is 12.1. The molecule has 0 fully saturated rings. The van der Waals surface area contributed by atoms with Gasteiger partial charge in [-0.2, -0.15) is 0 Å². The first-order chi connectivity index (χ1) is 7.13. The molecule has 1 aromatic rings. The van der Waals surface area contributed by atoms with Gasteiger partial charge < -0.3 is 0 Å². The van der Waals surface area contributed by atoms with Crippen LogP contribution >= 0.6 is 0 Å². The molecule has 0 nitrogen and oxygen atoms in total. The highest BCUT2D eigenvalue weighted by molar-refractivity contribution is 5.72. The molecular weight excluding hydrogens is 180 g/mol. The molecule has 0 aliphatic carbocycles. The molecule has 0 aliphatic heterocycles. The van der Waals surface area contributed by atoms with Crippen LogP contribution in [0.1, 0.15) is 25.0 Å². The maximum absolute atomic E-state index is 4.05. The molecular formula is C15H18. The summed E-state index contributed by atoms with van der Waals surface area (Å²) >= 11 is 0. The molecule has 0 heteroatoms. The molecule has 0 atom stereocenters. The largest absolute Gasteiger partial charge is 0.0912 e. The van der Waals surface area contributed by atoms with Gasteiger partial charge in [0.1, 0.15) is 0 Å². The minimum atomic E-state index is 1.05. The molecule has 0 aromatic heterocycles. The van der Waals surface area contributed by atoms with Crippen LogP contribution in [0.3, 0.4) is 0 Å². The van der Waals surface area contributed by atoms with Gasteiger partial charge in [-0.3, -0.25) is 0 Å². The van der Waals surface area contributed by atoms with Gasteiger partial charge in [-0.1, -0.05) is 60.2 Å². The van der Waals surface area contributed by atoms with Gasteiger partial charge in [-0.15, -0.1) is 0 Å². The lowest BCUT2D eigenvalue weighted by Crippen LogP contribution is -1.79. The Bertz CT molecular complexity index is 389. The third-order valence-corrected chi connectivity index (χ3v) is 2.43. The number of benzene rings is 1. The Kier molecular flexibility index (Phi) is 4.11. The topological polar surface area (TPSA) is 0 Å². The summed E-state index contributed by atoms with van der Waals surface area (Å²) in [7, 11) is 0. The van der Waals surface area contributed by atoms with Crippen molar-refractivity contribution in [1.82, 2.24) is 0 Å². The lowest BCUT2D eigenvalue weighted by atomic mass is 10.0. The van der Waals surface area contributed by atoms with E-state index in [1.54, 1.807) is 0 Å². The van der Waals surface area contributed by atoms with Crippen molar-refractivity contribution in [2.75, 3.05) is 0 Å². The lowest BCUT2D eigenvalue weighted by Gasteiger charge is -2.01. The van der Waals surface area contributed by atoms with E-state index in [0.29, 0.717) is 0 Å². The van der Waals surface area contributed by atoms with Crippen molar-refractivity contribution >= 4 is 5.57 Å². The quantitative estimate of drug-likeness (QED) is 0.626. The Morgan fingerprint density at radius 2 is 1.73 bits per heavy atom. The molecule has 0 N–H and O–H groups in total. The molecule has 0 aliphatic rings. The Hall–Kier alpha value is -1.56. The van der Waals surface area contributed by atoms with Crippen molar-refractivity contribution in [2.45, 2.75) is 20.8 Å². The minimum absolute atomic E-state index is 1.05. The zero-order chi connectivity index (χ0) is 11.3. The fourth-order valence-corrected chi connectivity index (χ4v) is 1.19. The van der Waals surface area contributed by atoms with Crippen molar-refractivity contribution in [3.63, 3.8) is 0 Å². The highest BCUT2D eigenvalue weighted by Crippen LogP contribution is 2.15. The van der Waals surface area contributed by atoms with Crippen molar-refractivity contribution in [3.8, 4) is 0 Å². The summed E-state index contributed by atoms with van der Waals surface area (Å²) in [5.74, 6) is 0. The van der Waals surface area contributed by atoms with Crippen LogP contribution in [0.25, 0.3) is 5.57 Å². The average Bonchev–Trinajstić information content (AvgIpc) is 2.26. The smallest absolute Gasteiger partial charge is 0.0190 e. The molecule has 0 bridgehead atoms. The molecule has 78 valence electrons. The first-order valence-electron chi connectivity index (χ1n) is 5.20. The van der Waals surface area contributed by atoms with E-state index in [-0.39, 0.29) is 0 Å². The van der Waals surface area contributed by atoms with Gasteiger partial charge in [0.25, 0.3) is 0 Å². The lowest BCUT2D eigenvalue weighted by molar-refractivity contribution is 1.45. The van der Waals surface area contributed by atoms with Crippen LogP contribution < -0.4 is 0 Å². The molecule has 0 spiro atoms. The standard InChI is InChI=1S/C15H18/c1-5-12(2)6-9-14(4)15-10-7-13(3)8-11-15/h5-11H,4H2,1-3H3/b9-6-,12-5-. The molecule has 15 heavy (non-hydrogen) atoms. The van der Waals surface area contributed by atoms with E-state index in [2.05, 4.69) is 62.9 Å². The van der Waals surface area contributed by atoms with Crippen LogP contribution in [-0.4, -0.2) is 0 Å². The maximum Gasteiger partial charge on any atom is -0.0190 e. The molecule has 0 amide bonds. The van der Waals surface area contributed by atoms with E-state index in [1.165, 1.54) is 16.7 Å². The van der Waals surface area contributed by atoms with E-state index in [4.69, 9.17) is 0 Å². The molecule has 0 radical (unpaired) electrons. The molecule has 0 heterocycles. The summed E-state index contributed by atoms with van der Waals surface area (Å²) in [4.78, 5) is 0. The van der Waals surface area contributed by atoms with Crippen molar-refractivity contribution in [3.05, 3.63) is 65.8 Å². The Balaban J connectivity index is 2.78. The fraction of sp³-hybridized carbons (Fsp3) is 0.200. The van der Waals surface area contributed by atoms with Gasteiger partial charge in [0.05, 0.1) is 0 Å². The van der Waals surface area contributed by atoms with Crippen LogP contribution in [0, 0.1) is 6.92 Å². The van der Waals surface area contributed by atoms with Crippen LogP contribution in [-0.2, 0) is 0 Å². The van der Waals surface area contributed by atoms with Crippen LogP contribution in [0.15, 0.2) is 54.6 Å². The SMILES string of the molecule is C=C(/C=C\C(C)=C/C)c1ccc(C)cc1. The van der Waals surface area contributed by atoms with Crippen LogP contribution in [0.2, 0.25) is 0 Å². The van der Waals surface area contributed by atoms with Gasteiger partial charge in [-0.05, 0) is 31.9 Å². The van der Waals surface area contributed by atoms with Gasteiger partial charge in [-0.25, -0.2) is 0 Å². The number of hydrogen-bond donors (Lipinski definition) is 0. The predicted molar refractivity (Wildman–Crippen MR) is 68.8 cm³/mol. The predicted octanol–water partition coefficient (Wildman–Crippen LogP) is 4.53. The van der Waals surface area contributed by atoms with Crippen molar-refractivity contribution in [1.29, 1.82) is 0 Å². The average molecular weight is 198 g/mol. The fourth-order valence-electron chi connectivity index (χ4n) is 1.19. The Labute approximate surface area is 92.6 Å². The summed E-state index contributed by atoms with van der Waals surface area (Å²) in [5, 5.41) is 0. The third-order valence-electron chi connectivity index (χ3n) is 2.43. The number of allylic oxidation sites excluding steroid dienone is 5. The van der Waals surface area contributed by atoms with Gasteiger partial charge in [0.2, 0.25) is 0 Å². The van der Waals surface area contributed by atoms with Gasteiger partial charge in [0.15, 0.2) is 0 Å². The highest BCUT2D eigenvalue weighted by atomic mass is 14.0. The van der Waals surface area contributed by atoms with E-state index < -0.39 is 0 Å². The number of hydrogen-bond acceptors (Lipinski definition) is 0. The van der Waals surface area contributed by atoms with E-state index in [9.17, 15) is 0 Å². The monoisotopic (exact) mass is 198 g/mol. The number of rotatable bonds is 3. The molecule has 0 saturated carbocycles. The summed E-state index contributed by atoms with van der Waals surface area (Å²) in [5.41, 5.74) is 4.76. The first kappa shape index (κ1) is 11.5. The maximum atomic E-state index is 4.05. The molecule has 0 saturated heterocycles. The van der Waals surface area contributed by atoms with E-state index >= 15 is 0 Å². The second-order valence-corrected chi connectivity index (χ2v) is 3.76. The summed E-state index contributed by atoms with van der Waals surface area (Å²) in [6.07, 6.45) is 6.22. The summed E-state index contributed by atoms with van der Waals surface area (Å²) < 4.78 is 0. The van der Waals surface area contributed by atoms with Crippen LogP contribution in [0.5, 0.6) is 0 Å². The first-order valence-corrected chi connectivity index (χ1v) is 5.20. The molecule has 1 rings (SSSR count). The third kappa shape index (κ3) is 3.59. The van der Waals surface area contributed by atoms with Crippen molar-refractivity contribution < 1.29 is 0 Å².